The lowest BCUT2D eigenvalue weighted by atomic mass is 9.77. The second kappa shape index (κ2) is 6.38. The highest BCUT2D eigenvalue weighted by Gasteiger charge is 2.32. The molecule has 0 aromatic heterocycles. The van der Waals surface area contributed by atoms with Crippen molar-refractivity contribution in [3.05, 3.63) is 29.8 Å². The molecule has 1 N–H and O–H groups in total. The Bertz CT molecular complexity index is 527. The van der Waals surface area contributed by atoms with Crippen LogP contribution in [0.1, 0.15) is 38.1 Å². The summed E-state index contributed by atoms with van der Waals surface area (Å²) in [5, 5.41) is 10.2. The molecule has 2 rings (SSSR count). The van der Waals surface area contributed by atoms with Crippen LogP contribution in [0, 0.1) is 5.92 Å². The first-order valence-corrected chi connectivity index (χ1v) is 7.60. The van der Waals surface area contributed by atoms with Crippen molar-refractivity contribution in [2.45, 2.75) is 39.5 Å². The van der Waals surface area contributed by atoms with Gasteiger partial charge in [0, 0.05) is 5.56 Å². The quantitative estimate of drug-likeness (QED) is 0.841. The fraction of sp³-hybridized carbons (Fsp3) is 0.562. The van der Waals surface area contributed by atoms with Crippen LogP contribution in [0.4, 0.5) is 4.39 Å². The van der Waals surface area contributed by atoms with E-state index in [1.807, 2.05) is 27.7 Å². The van der Waals surface area contributed by atoms with Crippen LogP contribution >= 0.6 is 0 Å². The summed E-state index contributed by atoms with van der Waals surface area (Å²) in [4.78, 5) is 13.5. The van der Waals surface area contributed by atoms with Crippen LogP contribution in [0.3, 0.4) is 0 Å². The topological polar surface area (TPSA) is 49.8 Å². The number of hydrogen-bond donors (Lipinski definition) is 1. The maximum absolute atomic E-state index is 12.8. The zero-order chi connectivity index (χ0) is 16.5. The predicted molar refractivity (Wildman–Crippen MR) is 84.9 cm³/mol. The van der Waals surface area contributed by atoms with Crippen LogP contribution in [-0.2, 0) is 4.65 Å². The van der Waals surface area contributed by atoms with Crippen LogP contribution in [0.25, 0.3) is 0 Å². The minimum atomic E-state index is -1.04. The van der Waals surface area contributed by atoms with Gasteiger partial charge >= 0.3 is 7.12 Å². The van der Waals surface area contributed by atoms with Gasteiger partial charge in [-0.25, -0.2) is 4.39 Å². The maximum Gasteiger partial charge on any atom is 0.491 e. The summed E-state index contributed by atoms with van der Waals surface area (Å²) in [6.07, 6.45) is -0.906. The van der Waals surface area contributed by atoms with E-state index in [0.717, 1.165) is 0 Å². The lowest BCUT2D eigenvalue weighted by Gasteiger charge is -2.34. The molecule has 1 heterocycles. The molecule has 0 bridgehead atoms. The molecular weight excluding hydrogens is 284 g/mol. The van der Waals surface area contributed by atoms with E-state index in [-0.39, 0.29) is 24.9 Å². The van der Waals surface area contributed by atoms with E-state index in [1.165, 1.54) is 4.90 Å². The fourth-order valence-electron chi connectivity index (χ4n) is 2.06. The lowest BCUT2D eigenvalue weighted by Crippen LogP contribution is -2.51. The molecule has 0 radical (unpaired) electrons. The Morgan fingerprint density at radius 1 is 1.36 bits per heavy atom. The number of rotatable bonds is 5. The summed E-state index contributed by atoms with van der Waals surface area (Å²) in [5.41, 5.74) is 0.630. The molecule has 0 atom stereocenters. The van der Waals surface area contributed by atoms with Gasteiger partial charge in [-0.3, -0.25) is 4.79 Å². The van der Waals surface area contributed by atoms with Crippen molar-refractivity contribution >= 4 is 18.5 Å². The number of amides is 1. The summed E-state index contributed by atoms with van der Waals surface area (Å²) in [6, 6.07) is 6.61. The molecule has 0 unspecified atom stereocenters. The van der Waals surface area contributed by atoms with Crippen LogP contribution in [0.5, 0.6) is 0 Å². The highest BCUT2D eigenvalue weighted by atomic mass is 19.1. The number of likely N-dealkylation sites (tertiary alicyclic amines) is 1. The fourth-order valence-corrected chi connectivity index (χ4v) is 2.06. The first kappa shape index (κ1) is 17.0. The van der Waals surface area contributed by atoms with E-state index < -0.39 is 18.9 Å². The number of halogens is 1. The van der Waals surface area contributed by atoms with Gasteiger partial charge in [0.25, 0.3) is 5.91 Å². The first-order chi connectivity index (χ1) is 10.2. The van der Waals surface area contributed by atoms with Crippen molar-refractivity contribution in [2.24, 2.45) is 5.92 Å². The number of carbonyl (C=O) groups is 1. The van der Waals surface area contributed by atoms with Crippen LogP contribution in [0.15, 0.2) is 24.3 Å². The van der Waals surface area contributed by atoms with E-state index in [9.17, 15) is 14.2 Å². The van der Waals surface area contributed by atoms with Crippen molar-refractivity contribution in [1.82, 2.24) is 4.90 Å². The minimum Gasteiger partial charge on any atom is -0.423 e. The molecule has 1 aromatic rings. The van der Waals surface area contributed by atoms with Crippen LogP contribution in [0.2, 0.25) is 0 Å². The average molecular weight is 307 g/mol. The summed E-state index contributed by atoms with van der Waals surface area (Å²) >= 11 is 0. The molecule has 1 amide bonds. The number of alkyl halides is 1. The van der Waals surface area contributed by atoms with E-state index in [0.29, 0.717) is 11.0 Å². The van der Waals surface area contributed by atoms with Crippen molar-refractivity contribution < 1.29 is 18.9 Å². The predicted octanol–water partition coefficient (Wildman–Crippen LogP) is 1.62. The Morgan fingerprint density at radius 2 is 1.91 bits per heavy atom. The van der Waals surface area contributed by atoms with Gasteiger partial charge in [-0.05, 0) is 37.4 Å². The lowest BCUT2D eigenvalue weighted by molar-refractivity contribution is 0.0398. The molecule has 1 saturated heterocycles. The number of benzene rings is 1. The van der Waals surface area contributed by atoms with E-state index in [2.05, 4.69) is 0 Å². The molecule has 0 aliphatic carbocycles. The van der Waals surface area contributed by atoms with Gasteiger partial charge in [-0.1, -0.05) is 26.0 Å². The third kappa shape index (κ3) is 3.68. The number of hydrogen-bond acceptors (Lipinski definition) is 3. The molecule has 0 spiro atoms. The SMILES string of the molecule is CC(C)C(C)(C)OB(O)c1ccc(C(=O)N2CC(F)C2)cc1. The zero-order valence-electron chi connectivity index (χ0n) is 13.5. The third-order valence-corrected chi connectivity index (χ3v) is 4.37. The number of nitrogens with zero attached hydrogens (tertiary/aromatic N) is 1. The Kier molecular flexibility index (Phi) is 4.92. The molecule has 0 saturated carbocycles. The largest absolute Gasteiger partial charge is 0.491 e. The van der Waals surface area contributed by atoms with E-state index in [4.69, 9.17) is 4.65 Å². The maximum atomic E-state index is 12.8. The molecule has 1 aliphatic rings. The van der Waals surface area contributed by atoms with E-state index in [1.54, 1.807) is 24.3 Å². The molecule has 1 aromatic carbocycles. The highest BCUT2D eigenvalue weighted by Crippen LogP contribution is 2.21. The smallest absolute Gasteiger partial charge is 0.423 e. The molecule has 120 valence electrons. The number of carbonyl (C=O) groups excluding carboxylic acids is 1. The molecule has 22 heavy (non-hydrogen) atoms. The average Bonchev–Trinajstić information content (AvgIpc) is 2.42. The molecular formula is C16H23BFNO3. The summed E-state index contributed by atoms with van der Waals surface area (Å²) in [5.74, 6) is 0.0708. The van der Waals surface area contributed by atoms with Crippen molar-refractivity contribution in [2.75, 3.05) is 13.1 Å². The molecule has 6 heteroatoms. The Balaban J connectivity index is 2.01. The second-order valence-corrected chi connectivity index (χ2v) is 6.66. The van der Waals surface area contributed by atoms with Crippen LogP contribution in [-0.4, -0.2) is 47.8 Å². The van der Waals surface area contributed by atoms with Crippen molar-refractivity contribution in [3.8, 4) is 0 Å². The van der Waals surface area contributed by atoms with Gasteiger partial charge in [-0.15, -0.1) is 0 Å². The monoisotopic (exact) mass is 307 g/mol. The Labute approximate surface area is 131 Å². The van der Waals surface area contributed by atoms with Gasteiger partial charge < -0.3 is 14.6 Å². The van der Waals surface area contributed by atoms with Crippen molar-refractivity contribution in [3.63, 3.8) is 0 Å². The second-order valence-electron chi connectivity index (χ2n) is 6.66. The van der Waals surface area contributed by atoms with Gasteiger partial charge in [-0.2, -0.15) is 0 Å². The highest BCUT2D eigenvalue weighted by molar-refractivity contribution is 6.60. The van der Waals surface area contributed by atoms with Crippen molar-refractivity contribution in [1.29, 1.82) is 0 Å². The molecule has 1 aliphatic heterocycles. The normalized spacial score (nSPS) is 15.9. The Hall–Kier alpha value is -1.40. The van der Waals surface area contributed by atoms with Crippen LogP contribution < -0.4 is 5.46 Å². The molecule has 1 fully saturated rings. The van der Waals surface area contributed by atoms with Gasteiger partial charge in [0.05, 0.1) is 18.7 Å². The summed E-state index contributed by atoms with van der Waals surface area (Å²) < 4.78 is 18.5. The Morgan fingerprint density at radius 3 is 2.36 bits per heavy atom. The van der Waals surface area contributed by atoms with Gasteiger partial charge in [0.15, 0.2) is 0 Å². The summed E-state index contributed by atoms with van der Waals surface area (Å²) in [6.45, 7) is 8.23. The zero-order valence-corrected chi connectivity index (χ0v) is 13.5. The first-order valence-electron chi connectivity index (χ1n) is 7.60. The third-order valence-electron chi connectivity index (χ3n) is 4.37. The molecule has 4 nitrogen and oxygen atoms in total. The minimum absolute atomic E-state index is 0.162. The van der Waals surface area contributed by atoms with Gasteiger partial charge in [0.1, 0.15) is 6.17 Å². The summed E-state index contributed by atoms with van der Waals surface area (Å²) in [7, 11) is -1.04. The standard InChI is InChI=1S/C16H23BFNO3/c1-11(2)16(3,4)22-17(21)13-7-5-12(6-8-13)15(20)19-9-14(18)10-19/h5-8,11,14,21H,9-10H2,1-4H3. The van der Waals surface area contributed by atoms with Gasteiger partial charge in [0.2, 0.25) is 0 Å². The van der Waals surface area contributed by atoms with E-state index >= 15 is 0 Å².